The lowest BCUT2D eigenvalue weighted by Crippen LogP contribution is -2.05. The van der Waals surface area contributed by atoms with Gasteiger partial charge in [0.15, 0.2) is 0 Å². The number of carboxylic acids is 1. The van der Waals surface area contributed by atoms with E-state index in [9.17, 15) is 9.90 Å². The number of hydrogen-bond acceptors (Lipinski definition) is 2. The van der Waals surface area contributed by atoms with E-state index in [1.807, 2.05) is 0 Å². The summed E-state index contributed by atoms with van der Waals surface area (Å²) in [7, 11) is 0. The van der Waals surface area contributed by atoms with E-state index in [4.69, 9.17) is 5.11 Å². The maximum absolute atomic E-state index is 10.4. The molecule has 25 heavy (non-hydrogen) atoms. The van der Waals surface area contributed by atoms with Gasteiger partial charge < -0.3 is 10.2 Å². The first kappa shape index (κ1) is 24.4. The smallest absolute Gasteiger partial charge is 0.303 e. The van der Waals surface area contributed by atoms with Crippen molar-refractivity contribution >= 4 is 5.97 Å². The van der Waals surface area contributed by atoms with Crippen molar-refractivity contribution in [3.05, 3.63) is 0 Å². The van der Waals surface area contributed by atoms with Gasteiger partial charge in [-0.05, 0) is 19.3 Å². The van der Waals surface area contributed by atoms with E-state index < -0.39 is 5.97 Å². The average molecular weight is 357 g/mol. The Kier molecular flexibility index (Phi) is 19.3. The lowest BCUT2D eigenvalue weighted by Gasteiger charge is -2.10. The Balaban J connectivity index is 3.15. The van der Waals surface area contributed by atoms with Gasteiger partial charge in [-0.2, -0.15) is 0 Å². The third kappa shape index (κ3) is 21.4. The second-order valence-electron chi connectivity index (χ2n) is 7.68. The molecule has 0 radical (unpaired) electrons. The molecule has 0 saturated carbocycles. The van der Waals surface area contributed by atoms with E-state index in [0.29, 0.717) is 6.42 Å². The lowest BCUT2D eigenvalue weighted by molar-refractivity contribution is -0.137. The number of aliphatic carboxylic acids is 1. The third-order valence-electron chi connectivity index (χ3n) is 5.07. The van der Waals surface area contributed by atoms with Crippen LogP contribution in [-0.4, -0.2) is 22.3 Å². The molecule has 0 unspecified atom stereocenters. The van der Waals surface area contributed by atoms with Gasteiger partial charge in [-0.1, -0.05) is 103 Å². The summed E-state index contributed by atoms with van der Waals surface area (Å²) in [4.78, 5) is 10.4. The molecule has 150 valence electrons. The van der Waals surface area contributed by atoms with Crippen molar-refractivity contribution in [2.24, 2.45) is 0 Å². The van der Waals surface area contributed by atoms with Crippen LogP contribution in [-0.2, 0) is 4.79 Å². The summed E-state index contributed by atoms with van der Waals surface area (Å²) in [5, 5.41) is 18.5. The fourth-order valence-corrected chi connectivity index (χ4v) is 3.38. The molecular weight excluding hydrogens is 312 g/mol. The first-order chi connectivity index (χ1) is 12.2. The summed E-state index contributed by atoms with van der Waals surface area (Å²) in [6.07, 6.45) is 22.0. The predicted molar refractivity (Wildman–Crippen MR) is 107 cm³/mol. The van der Waals surface area contributed by atoms with Crippen LogP contribution in [0.25, 0.3) is 0 Å². The number of rotatable bonds is 20. The maximum Gasteiger partial charge on any atom is 0.303 e. The molecule has 0 aliphatic rings. The van der Waals surface area contributed by atoms with Crippen molar-refractivity contribution < 1.29 is 15.0 Å². The Hall–Kier alpha value is -0.570. The zero-order valence-electron chi connectivity index (χ0n) is 16.8. The molecule has 0 spiro atoms. The number of hydrogen-bond donors (Lipinski definition) is 2. The molecule has 0 heterocycles. The van der Waals surface area contributed by atoms with Crippen molar-refractivity contribution in [3.63, 3.8) is 0 Å². The SMILES string of the molecule is CCCCCCCCCCCCC[C@H](O)CCCCCCCC(=O)O. The number of unbranched alkanes of at least 4 members (excludes halogenated alkanes) is 14. The van der Waals surface area contributed by atoms with Gasteiger partial charge in [0.2, 0.25) is 0 Å². The number of carboxylic acid groups (broad SMARTS) is 1. The molecule has 0 aromatic rings. The van der Waals surface area contributed by atoms with E-state index >= 15 is 0 Å². The minimum atomic E-state index is -0.692. The van der Waals surface area contributed by atoms with Crippen LogP contribution >= 0.6 is 0 Å². The molecule has 2 N–H and O–H groups in total. The normalized spacial score (nSPS) is 12.4. The maximum atomic E-state index is 10.4. The lowest BCUT2D eigenvalue weighted by atomic mass is 10.0. The zero-order chi connectivity index (χ0) is 18.6. The van der Waals surface area contributed by atoms with Crippen molar-refractivity contribution in [3.8, 4) is 0 Å². The highest BCUT2D eigenvalue weighted by Crippen LogP contribution is 2.15. The summed E-state index contributed by atoms with van der Waals surface area (Å²) in [6.45, 7) is 2.27. The van der Waals surface area contributed by atoms with Crippen LogP contribution in [0.3, 0.4) is 0 Å². The van der Waals surface area contributed by atoms with Crippen LogP contribution in [0.4, 0.5) is 0 Å². The number of aliphatic hydroxyl groups is 1. The van der Waals surface area contributed by atoms with Gasteiger partial charge in [-0.3, -0.25) is 4.79 Å². The molecule has 0 aromatic carbocycles. The van der Waals surface area contributed by atoms with Gasteiger partial charge in [0.05, 0.1) is 6.10 Å². The van der Waals surface area contributed by atoms with Gasteiger partial charge >= 0.3 is 5.97 Å². The van der Waals surface area contributed by atoms with Crippen LogP contribution in [0.2, 0.25) is 0 Å². The van der Waals surface area contributed by atoms with Crippen LogP contribution in [0.1, 0.15) is 129 Å². The zero-order valence-corrected chi connectivity index (χ0v) is 16.8. The molecule has 3 nitrogen and oxygen atoms in total. The highest BCUT2D eigenvalue weighted by atomic mass is 16.4. The quantitative estimate of drug-likeness (QED) is 0.234. The molecule has 0 aromatic heterocycles. The van der Waals surface area contributed by atoms with E-state index in [1.54, 1.807) is 0 Å². The van der Waals surface area contributed by atoms with Crippen LogP contribution in [0.5, 0.6) is 0 Å². The topological polar surface area (TPSA) is 57.5 Å². The van der Waals surface area contributed by atoms with Gasteiger partial charge in [0.1, 0.15) is 0 Å². The molecule has 0 rings (SSSR count). The van der Waals surface area contributed by atoms with E-state index in [1.165, 1.54) is 64.2 Å². The molecule has 3 heteroatoms. The first-order valence-corrected chi connectivity index (χ1v) is 11.1. The molecule has 0 bridgehead atoms. The third-order valence-corrected chi connectivity index (χ3v) is 5.07. The largest absolute Gasteiger partial charge is 0.481 e. The Morgan fingerprint density at radius 2 is 1.00 bits per heavy atom. The monoisotopic (exact) mass is 356 g/mol. The van der Waals surface area contributed by atoms with Crippen LogP contribution in [0, 0.1) is 0 Å². The second-order valence-corrected chi connectivity index (χ2v) is 7.68. The van der Waals surface area contributed by atoms with Crippen LogP contribution in [0.15, 0.2) is 0 Å². The first-order valence-electron chi connectivity index (χ1n) is 11.1. The van der Waals surface area contributed by atoms with Crippen molar-refractivity contribution in [2.45, 2.75) is 135 Å². The van der Waals surface area contributed by atoms with Gasteiger partial charge in [0.25, 0.3) is 0 Å². The molecular formula is C22H44O3. The summed E-state index contributed by atoms with van der Waals surface area (Å²) in [5.74, 6) is -0.692. The standard InChI is InChI=1S/C22H44O3/c1-2-3-4-5-6-7-8-9-10-12-15-18-21(23)19-16-13-11-14-17-20-22(24)25/h21,23H,2-20H2,1H3,(H,24,25)/t21-/m0/s1. The van der Waals surface area contributed by atoms with Gasteiger partial charge in [-0.15, -0.1) is 0 Å². The molecule has 1 atom stereocenters. The Bertz CT molecular complexity index is 278. The Morgan fingerprint density at radius 3 is 1.40 bits per heavy atom. The number of aliphatic hydroxyl groups excluding tert-OH is 1. The van der Waals surface area contributed by atoms with Gasteiger partial charge in [0, 0.05) is 6.42 Å². The Labute approximate surface area is 156 Å². The second kappa shape index (κ2) is 19.8. The fourth-order valence-electron chi connectivity index (χ4n) is 3.38. The van der Waals surface area contributed by atoms with Crippen LogP contribution < -0.4 is 0 Å². The highest BCUT2D eigenvalue weighted by molar-refractivity contribution is 5.66. The highest BCUT2D eigenvalue weighted by Gasteiger charge is 2.04. The van der Waals surface area contributed by atoms with Crippen molar-refractivity contribution in [1.82, 2.24) is 0 Å². The van der Waals surface area contributed by atoms with E-state index in [0.717, 1.165) is 51.4 Å². The van der Waals surface area contributed by atoms with E-state index in [2.05, 4.69) is 6.92 Å². The molecule has 0 aliphatic heterocycles. The predicted octanol–water partition coefficient (Wildman–Crippen LogP) is 6.86. The minimum absolute atomic E-state index is 0.127. The average Bonchev–Trinajstić information content (AvgIpc) is 2.58. The summed E-state index contributed by atoms with van der Waals surface area (Å²) < 4.78 is 0. The number of carbonyl (C=O) groups is 1. The molecule has 0 saturated heterocycles. The van der Waals surface area contributed by atoms with Crippen molar-refractivity contribution in [2.75, 3.05) is 0 Å². The summed E-state index contributed by atoms with van der Waals surface area (Å²) >= 11 is 0. The molecule has 0 aliphatic carbocycles. The molecule has 0 amide bonds. The Morgan fingerprint density at radius 1 is 0.640 bits per heavy atom. The molecule has 0 fully saturated rings. The summed E-state index contributed by atoms with van der Waals surface area (Å²) in [6, 6.07) is 0. The van der Waals surface area contributed by atoms with Crippen molar-refractivity contribution in [1.29, 1.82) is 0 Å². The summed E-state index contributed by atoms with van der Waals surface area (Å²) in [5.41, 5.74) is 0. The van der Waals surface area contributed by atoms with E-state index in [-0.39, 0.29) is 6.10 Å². The van der Waals surface area contributed by atoms with Gasteiger partial charge in [-0.25, -0.2) is 0 Å². The minimum Gasteiger partial charge on any atom is -0.481 e. The fraction of sp³-hybridized carbons (Fsp3) is 0.955.